The number of nitrogens with one attached hydrogen (secondary N) is 1. The third-order valence-electron chi connectivity index (χ3n) is 6.55. The van der Waals surface area contributed by atoms with E-state index in [9.17, 15) is 4.79 Å². The van der Waals surface area contributed by atoms with Gasteiger partial charge in [0.1, 0.15) is 6.61 Å². The van der Waals surface area contributed by atoms with Crippen LogP contribution in [0.25, 0.3) is 0 Å². The molecular weight excluding hydrogens is 406 g/mol. The molecule has 0 aromatic heterocycles. The van der Waals surface area contributed by atoms with Crippen LogP contribution >= 0.6 is 0 Å². The smallest absolute Gasteiger partial charge is 0.251 e. The van der Waals surface area contributed by atoms with Crippen LogP contribution in [0.5, 0.6) is 11.5 Å². The SMILES string of the molecule is N#Cc1ccc(COC[C@H]2COc3cc(C(=O)N[C@H]4CN5CCC4CC5)ccc3O2)cc1. The number of nitriles is 1. The lowest BCUT2D eigenvalue weighted by atomic mass is 9.84. The first-order valence-corrected chi connectivity index (χ1v) is 11.2. The number of hydrogen-bond acceptors (Lipinski definition) is 6. The summed E-state index contributed by atoms with van der Waals surface area (Å²) in [4.78, 5) is 15.2. The van der Waals surface area contributed by atoms with Crippen molar-refractivity contribution in [2.45, 2.75) is 31.6 Å². The zero-order valence-electron chi connectivity index (χ0n) is 18.0. The van der Waals surface area contributed by atoms with Gasteiger partial charge < -0.3 is 24.4 Å². The molecule has 7 nitrogen and oxygen atoms in total. The second-order valence-corrected chi connectivity index (χ2v) is 8.75. The van der Waals surface area contributed by atoms with Crippen molar-refractivity contribution < 1.29 is 19.0 Å². The highest BCUT2D eigenvalue weighted by molar-refractivity contribution is 5.95. The topological polar surface area (TPSA) is 83.8 Å². The molecule has 4 aliphatic rings. The molecule has 2 atom stereocenters. The molecule has 0 radical (unpaired) electrons. The molecule has 0 aliphatic carbocycles. The molecule has 4 aliphatic heterocycles. The number of ether oxygens (including phenoxy) is 3. The van der Waals surface area contributed by atoms with Gasteiger partial charge in [-0.05, 0) is 67.7 Å². The third-order valence-corrected chi connectivity index (χ3v) is 6.55. The van der Waals surface area contributed by atoms with E-state index >= 15 is 0 Å². The van der Waals surface area contributed by atoms with Crippen LogP contribution < -0.4 is 14.8 Å². The van der Waals surface area contributed by atoms with Crippen LogP contribution in [-0.4, -0.2) is 55.8 Å². The summed E-state index contributed by atoms with van der Waals surface area (Å²) in [5.74, 6) is 1.76. The summed E-state index contributed by atoms with van der Waals surface area (Å²) in [5, 5.41) is 12.1. The fourth-order valence-electron chi connectivity index (χ4n) is 4.70. The second kappa shape index (κ2) is 9.19. The van der Waals surface area contributed by atoms with E-state index in [2.05, 4.69) is 16.3 Å². The van der Waals surface area contributed by atoms with Crippen molar-refractivity contribution in [3.63, 3.8) is 0 Å². The summed E-state index contributed by atoms with van der Waals surface area (Å²) in [6.07, 6.45) is 2.12. The number of amides is 1. The van der Waals surface area contributed by atoms with Crippen molar-refractivity contribution >= 4 is 5.91 Å². The molecule has 2 bridgehead atoms. The lowest BCUT2D eigenvalue weighted by Gasteiger charge is -2.44. The van der Waals surface area contributed by atoms with Crippen LogP contribution in [0, 0.1) is 17.2 Å². The number of nitrogens with zero attached hydrogens (tertiary/aromatic N) is 2. The molecule has 6 rings (SSSR count). The summed E-state index contributed by atoms with van der Waals surface area (Å²) in [6.45, 7) is 4.45. The predicted octanol–water partition coefficient (Wildman–Crippen LogP) is 2.74. The van der Waals surface area contributed by atoms with Gasteiger partial charge in [0.15, 0.2) is 17.6 Å². The molecule has 0 spiro atoms. The van der Waals surface area contributed by atoms with Gasteiger partial charge in [0.05, 0.1) is 24.8 Å². The number of carbonyl (C=O) groups is 1. The van der Waals surface area contributed by atoms with Crippen LogP contribution in [0.4, 0.5) is 0 Å². The van der Waals surface area contributed by atoms with Gasteiger partial charge in [-0.3, -0.25) is 4.79 Å². The quantitative estimate of drug-likeness (QED) is 0.754. The zero-order chi connectivity index (χ0) is 21.9. The molecule has 166 valence electrons. The number of rotatable bonds is 6. The molecule has 3 saturated heterocycles. The van der Waals surface area contributed by atoms with Crippen molar-refractivity contribution in [2.75, 3.05) is 32.8 Å². The molecule has 1 amide bonds. The molecule has 2 aromatic rings. The fraction of sp³-hybridized carbons (Fsp3) is 0.440. The van der Waals surface area contributed by atoms with E-state index in [1.54, 1.807) is 30.3 Å². The van der Waals surface area contributed by atoms with Crippen molar-refractivity contribution in [3.8, 4) is 17.6 Å². The minimum Gasteiger partial charge on any atom is -0.486 e. The van der Waals surface area contributed by atoms with E-state index in [4.69, 9.17) is 19.5 Å². The highest BCUT2D eigenvalue weighted by Gasteiger charge is 2.35. The van der Waals surface area contributed by atoms with Crippen LogP contribution in [-0.2, 0) is 11.3 Å². The standard InChI is InChI=1S/C25H27N3O4/c26-12-17-1-3-18(4-2-17)14-30-15-21-16-31-24-11-20(5-6-23(24)32-21)25(29)27-22-13-28-9-7-19(22)8-10-28/h1-6,11,19,21-22H,7-10,13-16H2,(H,27,29)/t21-,22-/m0/s1. The molecule has 2 aromatic carbocycles. The number of hydrogen-bond donors (Lipinski definition) is 1. The zero-order valence-corrected chi connectivity index (χ0v) is 18.0. The summed E-state index contributed by atoms with van der Waals surface area (Å²) >= 11 is 0. The van der Waals surface area contributed by atoms with Crippen LogP contribution in [0.2, 0.25) is 0 Å². The lowest BCUT2D eigenvalue weighted by Crippen LogP contribution is -2.57. The maximum Gasteiger partial charge on any atom is 0.251 e. The van der Waals surface area contributed by atoms with E-state index in [0.717, 1.165) is 25.2 Å². The van der Waals surface area contributed by atoms with Crippen molar-refractivity contribution in [1.29, 1.82) is 5.26 Å². The molecule has 32 heavy (non-hydrogen) atoms. The molecule has 4 heterocycles. The molecule has 0 saturated carbocycles. The number of piperidine rings is 3. The summed E-state index contributed by atoms with van der Waals surface area (Å²) < 4.78 is 17.6. The van der Waals surface area contributed by atoms with Crippen molar-refractivity contribution in [3.05, 3.63) is 59.2 Å². The Kier molecular flexibility index (Phi) is 5.97. The van der Waals surface area contributed by atoms with Crippen LogP contribution in [0.1, 0.15) is 34.3 Å². The third kappa shape index (κ3) is 4.57. The minimum absolute atomic E-state index is 0.0528. The van der Waals surface area contributed by atoms with E-state index < -0.39 is 0 Å². The Labute approximate surface area is 187 Å². The van der Waals surface area contributed by atoms with Crippen LogP contribution in [0.3, 0.4) is 0 Å². The Morgan fingerprint density at radius 1 is 1.16 bits per heavy atom. The molecular formula is C25H27N3O4. The van der Waals surface area contributed by atoms with Gasteiger partial charge in [0.25, 0.3) is 5.91 Å². The summed E-state index contributed by atoms with van der Waals surface area (Å²) in [5.41, 5.74) is 2.23. The molecule has 0 unspecified atom stereocenters. The maximum absolute atomic E-state index is 12.8. The molecule has 7 heteroatoms. The second-order valence-electron chi connectivity index (χ2n) is 8.75. The first kappa shape index (κ1) is 20.8. The van der Waals surface area contributed by atoms with Gasteiger partial charge in [0.2, 0.25) is 0 Å². The van der Waals surface area contributed by atoms with Gasteiger partial charge in [-0.25, -0.2) is 0 Å². The van der Waals surface area contributed by atoms with Crippen LogP contribution in [0.15, 0.2) is 42.5 Å². The number of benzene rings is 2. The average molecular weight is 434 g/mol. The average Bonchev–Trinajstić information content (AvgIpc) is 2.85. The van der Waals surface area contributed by atoms with E-state index in [1.165, 1.54) is 12.8 Å². The Balaban J connectivity index is 1.13. The Morgan fingerprint density at radius 3 is 2.69 bits per heavy atom. The normalized spacial score (nSPS) is 25.7. The Bertz CT molecular complexity index is 1010. The first-order valence-electron chi connectivity index (χ1n) is 11.2. The lowest BCUT2D eigenvalue weighted by molar-refractivity contribution is 0.00267. The van der Waals surface area contributed by atoms with E-state index in [-0.39, 0.29) is 18.1 Å². The van der Waals surface area contributed by atoms with Gasteiger partial charge in [-0.15, -0.1) is 0 Å². The number of carbonyl (C=O) groups excluding carboxylic acids is 1. The minimum atomic E-state index is -0.215. The van der Waals surface area contributed by atoms with Crippen molar-refractivity contribution in [1.82, 2.24) is 10.2 Å². The molecule has 3 fully saturated rings. The monoisotopic (exact) mass is 433 g/mol. The van der Waals surface area contributed by atoms with Gasteiger partial charge in [-0.2, -0.15) is 5.26 Å². The highest BCUT2D eigenvalue weighted by Crippen LogP contribution is 2.33. The summed E-state index contributed by atoms with van der Waals surface area (Å²) in [6, 6.07) is 15.0. The van der Waals surface area contributed by atoms with Gasteiger partial charge in [0, 0.05) is 18.2 Å². The van der Waals surface area contributed by atoms with Crippen molar-refractivity contribution in [2.24, 2.45) is 5.92 Å². The first-order chi connectivity index (χ1) is 15.7. The Hall–Kier alpha value is -3.08. The maximum atomic E-state index is 12.8. The fourth-order valence-corrected chi connectivity index (χ4v) is 4.70. The van der Waals surface area contributed by atoms with E-state index in [0.29, 0.717) is 48.4 Å². The largest absolute Gasteiger partial charge is 0.486 e. The molecule has 1 N–H and O–H groups in total. The highest BCUT2D eigenvalue weighted by atomic mass is 16.6. The van der Waals surface area contributed by atoms with Gasteiger partial charge >= 0.3 is 0 Å². The van der Waals surface area contributed by atoms with E-state index in [1.807, 2.05) is 12.1 Å². The van der Waals surface area contributed by atoms with Gasteiger partial charge in [-0.1, -0.05) is 12.1 Å². The predicted molar refractivity (Wildman–Crippen MR) is 118 cm³/mol. The Morgan fingerprint density at radius 2 is 1.97 bits per heavy atom. The number of fused-ring (bicyclic) bond motifs is 4. The summed E-state index contributed by atoms with van der Waals surface area (Å²) in [7, 11) is 0.